The molecule has 0 aromatic carbocycles. The summed E-state index contributed by atoms with van der Waals surface area (Å²) < 4.78 is 34.4. The summed E-state index contributed by atoms with van der Waals surface area (Å²) in [5, 5.41) is 0. The highest BCUT2D eigenvalue weighted by Gasteiger charge is 2.22. The van der Waals surface area contributed by atoms with Crippen LogP contribution in [-0.2, 0) is 32.7 Å². The molecule has 0 radical (unpaired) electrons. The number of phosphoric ester groups is 1. The minimum absolute atomic E-state index is 0.0356. The van der Waals surface area contributed by atoms with E-state index in [1.54, 1.807) is 0 Å². The first-order valence-electron chi connectivity index (χ1n) is 37.5. The van der Waals surface area contributed by atoms with Gasteiger partial charge in [0.25, 0.3) is 7.82 Å². The Morgan fingerprint density at radius 3 is 0.870 bits per heavy atom. The molecule has 0 saturated carbocycles. The number of hydrogen-bond donors (Lipinski definition) is 0. The van der Waals surface area contributed by atoms with Gasteiger partial charge in [0.2, 0.25) is 0 Å². The Balaban J connectivity index is 4.02. The lowest BCUT2D eigenvalue weighted by molar-refractivity contribution is -0.870. The zero-order valence-electron chi connectivity index (χ0n) is 59.9. The molecule has 10 heteroatoms. The summed E-state index contributed by atoms with van der Waals surface area (Å²) in [5.41, 5.74) is 0. The fourth-order valence-corrected chi connectivity index (χ4v) is 10.9. The lowest BCUT2D eigenvalue weighted by Crippen LogP contribution is -2.37. The number of quaternary nitrogens is 1. The summed E-state index contributed by atoms with van der Waals surface area (Å²) in [7, 11) is 1.16. The molecule has 0 amide bonds. The van der Waals surface area contributed by atoms with Gasteiger partial charge < -0.3 is 27.9 Å². The van der Waals surface area contributed by atoms with Gasteiger partial charge >= 0.3 is 11.9 Å². The number of phosphoric acid groups is 1. The average Bonchev–Trinajstić information content (AvgIpc) is 2.34. The third-order valence-corrected chi connectivity index (χ3v) is 16.8. The molecule has 0 heterocycles. The molecule has 0 aliphatic carbocycles. The van der Waals surface area contributed by atoms with E-state index < -0.39 is 26.5 Å². The van der Waals surface area contributed by atoms with Gasteiger partial charge in [-0.3, -0.25) is 14.2 Å². The number of allylic oxidation sites excluding steroid dienone is 24. The van der Waals surface area contributed by atoms with Gasteiger partial charge in [0.05, 0.1) is 27.7 Å². The van der Waals surface area contributed by atoms with Gasteiger partial charge in [-0.15, -0.1) is 0 Å². The number of carbonyl (C=O) groups is 2. The van der Waals surface area contributed by atoms with Crippen molar-refractivity contribution in [1.82, 2.24) is 0 Å². The van der Waals surface area contributed by atoms with Gasteiger partial charge in [-0.2, -0.15) is 0 Å². The topological polar surface area (TPSA) is 111 Å². The van der Waals surface area contributed by atoms with Gasteiger partial charge in [-0.1, -0.05) is 327 Å². The third-order valence-electron chi connectivity index (χ3n) is 15.9. The second kappa shape index (κ2) is 71.2. The van der Waals surface area contributed by atoms with Crippen LogP contribution in [0.4, 0.5) is 0 Å². The van der Waals surface area contributed by atoms with Crippen LogP contribution in [0.5, 0.6) is 0 Å². The summed E-state index contributed by atoms with van der Waals surface area (Å²) in [6, 6.07) is 0. The zero-order chi connectivity index (χ0) is 66.9. The maximum atomic E-state index is 12.9. The molecule has 92 heavy (non-hydrogen) atoms. The van der Waals surface area contributed by atoms with E-state index in [4.69, 9.17) is 18.5 Å². The molecule has 0 rings (SSSR count). The van der Waals surface area contributed by atoms with Crippen LogP contribution < -0.4 is 4.89 Å². The molecule has 2 unspecified atom stereocenters. The second-order valence-corrected chi connectivity index (χ2v) is 27.3. The van der Waals surface area contributed by atoms with Crippen molar-refractivity contribution in [2.24, 2.45) is 0 Å². The predicted molar refractivity (Wildman–Crippen MR) is 397 cm³/mol. The molecule has 0 N–H and O–H groups in total. The maximum absolute atomic E-state index is 12.9. The van der Waals surface area contributed by atoms with Crippen molar-refractivity contribution in [3.8, 4) is 0 Å². The number of likely N-dealkylation sites (N-methyl/N-ethyl adjacent to an activating group) is 1. The highest BCUT2D eigenvalue weighted by molar-refractivity contribution is 7.45. The molecule has 0 bridgehead atoms. The van der Waals surface area contributed by atoms with E-state index in [1.165, 1.54) is 154 Å². The smallest absolute Gasteiger partial charge is 0.306 e. The van der Waals surface area contributed by atoms with E-state index in [0.717, 1.165) is 122 Å². The fourth-order valence-electron chi connectivity index (χ4n) is 10.2. The molecule has 9 nitrogen and oxygen atoms in total. The normalized spacial score (nSPS) is 13.9. The molecule has 2 atom stereocenters. The Morgan fingerprint density at radius 2 is 0.587 bits per heavy atom. The molecular weight excluding hydrogens is 1160 g/mol. The predicted octanol–water partition coefficient (Wildman–Crippen LogP) is 24.3. The lowest BCUT2D eigenvalue weighted by atomic mass is 10.0. The van der Waals surface area contributed by atoms with Gasteiger partial charge in [0, 0.05) is 12.8 Å². The Morgan fingerprint density at radius 1 is 0.337 bits per heavy atom. The Hall–Kier alpha value is -4.11. The molecule has 0 aromatic heterocycles. The molecule has 526 valence electrons. The van der Waals surface area contributed by atoms with Gasteiger partial charge in [0.15, 0.2) is 6.10 Å². The highest BCUT2D eigenvalue weighted by Crippen LogP contribution is 2.38. The SMILES string of the molecule is CC/C=C\C/C=C\C/C=C\C/C=C\C/C=C\C/C=C\CCCCCCCCCCCCCCCCCCCCC(=O)OC(COC(=O)CCCCCCCCCCCCCC/C=C\C/C=C\C/C=C\C/C=C\C/C=C\C/C=C\CC)COP(=O)([O-])OCC[N+](C)(C)C. The first-order valence-corrected chi connectivity index (χ1v) is 39.0. The number of esters is 2. The van der Waals surface area contributed by atoms with Gasteiger partial charge in [-0.05, 0) is 116 Å². The number of carbonyl (C=O) groups excluding carboxylic acids is 2. The summed E-state index contributed by atoms with van der Waals surface area (Å²) in [5.74, 6) is -0.832. The van der Waals surface area contributed by atoms with Gasteiger partial charge in [-0.25, -0.2) is 0 Å². The molecular formula is C82H140NO8P. The number of rotatable bonds is 68. The molecule has 0 spiro atoms. The van der Waals surface area contributed by atoms with Crippen LogP contribution >= 0.6 is 7.82 Å². The minimum atomic E-state index is -4.65. The van der Waals surface area contributed by atoms with E-state index in [9.17, 15) is 19.0 Å². The standard InChI is InChI=1S/C82H140NO8P/c1-6-8-10-12-14-16-18-20-22-24-26-28-30-32-34-36-38-39-40-41-42-43-45-47-49-51-53-55-57-59-61-63-65-67-69-71-73-75-82(85)91-80(79-90-92(86,87)89-77-76-83(3,4)5)78-88-81(84)74-72-70-68-66-64-62-60-58-56-54-52-50-48-46-44-37-35-33-31-29-27-25-23-21-19-17-15-13-11-9-7-2/h8-11,14-17,20-23,26-29,32-35,38-39,44,46,80H,6-7,12-13,18-19,24-25,30-31,36-37,40-43,45,47-79H2,1-5H3/b10-8-,11-9-,16-14-,17-15-,22-20-,23-21-,28-26-,29-27-,34-32-,35-33-,39-38-,46-44-. The Labute approximate surface area is 567 Å². The fraction of sp³-hybridized carbons (Fsp3) is 0.683. The van der Waals surface area contributed by atoms with Crippen LogP contribution in [0.15, 0.2) is 146 Å². The second-order valence-electron chi connectivity index (χ2n) is 25.9. The van der Waals surface area contributed by atoms with Crippen LogP contribution in [0.1, 0.15) is 309 Å². The summed E-state index contributed by atoms with van der Waals surface area (Å²) in [6.07, 6.45) is 105. The molecule has 0 fully saturated rings. The molecule has 0 aliphatic heterocycles. The van der Waals surface area contributed by atoms with Crippen molar-refractivity contribution < 1.29 is 42.1 Å². The summed E-state index contributed by atoms with van der Waals surface area (Å²) in [4.78, 5) is 38.1. The van der Waals surface area contributed by atoms with Crippen LogP contribution in [0, 0.1) is 0 Å². The zero-order valence-corrected chi connectivity index (χ0v) is 60.8. The van der Waals surface area contributed by atoms with Crippen LogP contribution in [-0.4, -0.2) is 70.0 Å². The summed E-state index contributed by atoms with van der Waals surface area (Å²) >= 11 is 0. The van der Waals surface area contributed by atoms with E-state index in [1.807, 2.05) is 21.1 Å². The maximum Gasteiger partial charge on any atom is 0.306 e. The van der Waals surface area contributed by atoms with Crippen LogP contribution in [0.2, 0.25) is 0 Å². The van der Waals surface area contributed by atoms with E-state index in [0.29, 0.717) is 17.4 Å². The number of nitrogens with zero attached hydrogens (tertiary/aromatic N) is 1. The first kappa shape index (κ1) is 87.9. The molecule has 0 aromatic rings. The molecule has 0 aliphatic rings. The monoisotopic (exact) mass is 1300 g/mol. The van der Waals surface area contributed by atoms with E-state index in [2.05, 4.69) is 160 Å². The first-order chi connectivity index (χ1) is 45.0. The number of hydrogen-bond acceptors (Lipinski definition) is 8. The van der Waals surface area contributed by atoms with Crippen LogP contribution in [0.3, 0.4) is 0 Å². The van der Waals surface area contributed by atoms with E-state index in [-0.39, 0.29) is 32.0 Å². The van der Waals surface area contributed by atoms with E-state index >= 15 is 0 Å². The minimum Gasteiger partial charge on any atom is -0.756 e. The van der Waals surface area contributed by atoms with Crippen molar-refractivity contribution in [3.63, 3.8) is 0 Å². The lowest BCUT2D eigenvalue weighted by Gasteiger charge is -2.28. The third kappa shape index (κ3) is 74.9. The van der Waals surface area contributed by atoms with Crippen molar-refractivity contribution in [2.75, 3.05) is 47.5 Å². The average molecular weight is 1300 g/mol. The van der Waals surface area contributed by atoms with Crippen molar-refractivity contribution in [2.45, 2.75) is 315 Å². The highest BCUT2D eigenvalue weighted by atomic mass is 31.2. The largest absolute Gasteiger partial charge is 0.756 e. The van der Waals surface area contributed by atoms with Crippen molar-refractivity contribution in [1.29, 1.82) is 0 Å². The number of ether oxygens (including phenoxy) is 2. The Bertz CT molecular complexity index is 2070. The quantitative estimate of drug-likeness (QED) is 0.0195. The van der Waals surface area contributed by atoms with Crippen LogP contribution in [0.25, 0.3) is 0 Å². The van der Waals surface area contributed by atoms with Crippen molar-refractivity contribution in [3.05, 3.63) is 146 Å². The summed E-state index contributed by atoms with van der Waals surface area (Å²) in [6.45, 7) is 4.03. The Kier molecular flexibility index (Phi) is 68.0. The van der Waals surface area contributed by atoms with Gasteiger partial charge in [0.1, 0.15) is 19.8 Å². The molecule has 0 saturated heterocycles. The van der Waals surface area contributed by atoms with Crippen molar-refractivity contribution >= 4 is 19.8 Å². The number of unbranched alkanes of at least 4 members (excludes halogenated alkanes) is 30.